The molecule has 3 nitrogen and oxygen atoms in total. The second-order valence-corrected chi connectivity index (χ2v) is 5.05. The Morgan fingerprint density at radius 3 is 2.31 bits per heavy atom. The van der Waals surface area contributed by atoms with Crippen LogP contribution in [0.1, 0.15) is 51.9 Å². The minimum absolute atomic E-state index is 0.0854. The first-order valence-electron chi connectivity index (χ1n) is 6.47. The first kappa shape index (κ1) is 13.5. The highest BCUT2D eigenvalue weighted by atomic mass is 16.5. The standard InChI is InChI=1S/C13H25NO2/c1-10(14)12(9-13(15)16-2)11-7-5-3-4-6-8-11/h10-12H,3-9,14H2,1-2H3. The van der Waals surface area contributed by atoms with Gasteiger partial charge in [0.2, 0.25) is 0 Å². The van der Waals surface area contributed by atoms with E-state index in [0.717, 1.165) is 0 Å². The Bertz CT molecular complexity index is 208. The van der Waals surface area contributed by atoms with Crippen LogP contribution >= 0.6 is 0 Å². The van der Waals surface area contributed by atoms with E-state index in [-0.39, 0.29) is 12.0 Å². The fourth-order valence-corrected chi connectivity index (χ4v) is 2.80. The highest BCUT2D eigenvalue weighted by Gasteiger charge is 2.27. The third-order valence-corrected chi connectivity index (χ3v) is 3.81. The van der Waals surface area contributed by atoms with Crippen molar-refractivity contribution in [1.29, 1.82) is 0 Å². The number of nitrogens with two attached hydrogens (primary N) is 1. The van der Waals surface area contributed by atoms with Crippen molar-refractivity contribution in [2.24, 2.45) is 17.6 Å². The van der Waals surface area contributed by atoms with Gasteiger partial charge in [-0.3, -0.25) is 4.79 Å². The van der Waals surface area contributed by atoms with Crippen LogP contribution in [0.5, 0.6) is 0 Å². The van der Waals surface area contributed by atoms with E-state index in [1.54, 1.807) is 0 Å². The van der Waals surface area contributed by atoms with E-state index in [2.05, 4.69) is 0 Å². The number of hydrogen-bond donors (Lipinski definition) is 1. The van der Waals surface area contributed by atoms with Gasteiger partial charge >= 0.3 is 5.97 Å². The molecule has 0 amide bonds. The molecule has 0 aromatic heterocycles. The zero-order valence-corrected chi connectivity index (χ0v) is 10.6. The number of methoxy groups -OCH3 is 1. The Balaban J connectivity index is 2.56. The van der Waals surface area contributed by atoms with E-state index in [1.807, 2.05) is 6.92 Å². The topological polar surface area (TPSA) is 52.3 Å². The van der Waals surface area contributed by atoms with Gasteiger partial charge in [0.05, 0.1) is 13.5 Å². The van der Waals surface area contributed by atoms with Gasteiger partial charge in [-0.1, -0.05) is 38.5 Å². The third kappa shape index (κ3) is 4.12. The zero-order valence-electron chi connectivity index (χ0n) is 10.6. The van der Waals surface area contributed by atoms with Crippen LogP contribution in [0, 0.1) is 11.8 Å². The third-order valence-electron chi connectivity index (χ3n) is 3.81. The minimum atomic E-state index is -0.119. The van der Waals surface area contributed by atoms with Crippen molar-refractivity contribution in [3.63, 3.8) is 0 Å². The maximum atomic E-state index is 11.4. The molecule has 1 aliphatic rings. The molecule has 0 saturated heterocycles. The summed E-state index contributed by atoms with van der Waals surface area (Å²) < 4.78 is 4.76. The lowest BCUT2D eigenvalue weighted by Gasteiger charge is -2.28. The van der Waals surface area contributed by atoms with Gasteiger partial charge in [-0.2, -0.15) is 0 Å². The number of ether oxygens (including phenoxy) is 1. The molecular weight excluding hydrogens is 202 g/mol. The molecule has 1 saturated carbocycles. The Morgan fingerprint density at radius 1 is 1.31 bits per heavy atom. The summed E-state index contributed by atoms with van der Waals surface area (Å²) in [5.41, 5.74) is 6.01. The lowest BCUT2D eigenvalue weighted by atomic mass is 9.80. The monoisotopic (exact) mass is 227 g/mol. The van der Waals surface area contributed by atoms with E-state index in [0.29, 0.717) is 18.3 Å². The van der Waals surface area contributed by atoms with Gasteiger partial charge in [0.25, 0.3) is 0 Å². The summed E-state index contributed by atoms with van der Waals surface area (Å²) >= 11 is 0. The van der Waals surface area contributed by atoms with Gasteiger partial charge in [0, 0.05) is 6.04 Å². The van der Waals surface area contributed by atoms with E-state index in [4.69, 9.17) is 10.5 Å². The molecule has 2 N–H and O–H groups in total. The lowest BCUT2D eigenvalue weighted by molar-refractivity contribution is -0.142. The lowest BCUT2D eigenvalue weighted by Crippen LogP contribution is -2.34. The largest absolute Gasteiger partial charge is 0.469 e. The van der Waals surface area contributed by atoms with Gasteiger partial charge in [-0.25, -0.2) is 0 Å². The van der Waals surface area contributed by atoms with Gasteiger partial charge in [-0.05, 0) is 18.8 Å². The zero-order chi connectivity index (χ0) is 12.0. The Kier molecular flexibility index (Phi) is 5.81. The van der Waals surface area contributed by atoms with E-state index < -0.39 is 0 Å². The highest BCUT2D eigenvalue weighted by Crippen LogP contribution is 2.32. The molecule has 2 unspecified atom stereocenters. The number of rotatable bonds is 4. The van der Waals surface area contributed by atoms with Crippen LogP contribution < -0.4 is 5.73 Å². The van der Waals surface area contributed by atoms with Crippen molar-refractivity contribution < 1.29 is 9.53 Å². The first-order valence-corrected chi connectivity index (χ1v) is 6.47. The summed E-state index contributed by atoms with van der Waals surface area (Å²) in [5, 5.41) is 0. The second kappa shape index (κ2) is 6.89. The maximum absolute atomic E-state index is 11.4. The minimum Gasteiger partial charge on any atom is -0.469 e. The summed E-state index contributed by atoms with van der Waals surface area (Å²) in [6, 6.07) is 0.0854. The Hall–Kier alpha value is -0.570. The smallest absolute Gasteiger partial charge is 0.305 e. The van der Waals surface area contributed by atoms with Crippen molar-refractivity contribution in [3.05, 3.63) is 0 Å². The predicted molar refractivity (Wildman–Crippen MR) is 65.0 cm³/mol. The normalized spacial score (nSPS) is 22.2. The van der Waals surface area contributed by atoms with Crippen LogP contribution in [0.2, 0.25) is 0 Å². The fourth-order valence-electron chi connectivity index (χ4n) is 2.80. The summed E-state index contributed by atoms with van der Waals surface area (Å²) in [6.45, 7) is 2.01. The SMILES string of the molecule is COC(=O)CC(C(C)N)C1CCCCCC1. The molecular formula is C13H25NO2. The molecule has 0 aromatic carbocycles. The number of esters is 1. The van der Waals surface area contributed by atoms with Gasteiger partial charge in [-0.15, -0.1) is 0 Å². The predicted octanol–water partition coefficient (Wildman–Crippen LogP) is 2.48. The molecule has 1 fully saturated rings. The fraction of sp³-hybridized carbons (Fsp3) is 0.923. The molecule has 3 heteroatoms. The van der Waals surface area contributed by atoms with E-state index in [1.165, 1.54) is 45.6 Å². The van der Waals surface area contributed by atoms with Crippen LogP contribution in [-0.4, -0.2) is 19.1 Å². The maximum Gasteiger partial charge on any atom is 0.305 e. The van der Waals surface area contributed by atoms with Crippen LogP contribution in [0.25, 0.3) is 0 Å². The average Bonchev–Trinajstić information content (AvgIpc) is 2.53. The highest BCUT2D eigenvalue weighted by molar-refractivity contribution is 5.69. The van der Waals surface area contributed by atoms with Gasteiger partial charge in [0.1, 0.15) is 0 Å². The van der Waals surface area contributed by atoms with Crippen LogP contribution in [-0.2, 0) is 9.53 Å². The molecule has 1 aliphatic carbocycles. The summed E-state index contributed by atoms with van der Waals surface area (Å²) in [6.07, 6.45) is 8.18. The molecule has 94 valence electrons. The molecule has 1 rings (SSSR count). The Morgan fingerprint density at radius 2 is 1.88 bits per heavy atom. The molecule has 0 heterocycles. The second-order valence-electron chi connectivity index (χ2n) is 5.05. The van der Waals surface area contributed by atoms with Crippen molar-refractivity contribution in [1.82, 2.24) is 0 Å². The summed E-state index contributed by atoms with van der Waals surface area (Å²) in [5.74, 6) is 0.790. The molecule has 0 spiro atoms. The molecule has 0 aromatic rings. The van der Waals surface area contributed by atoms with Crippen LogP contribution in [0.4, 0.5) is 0 Å². The van der Waals surface area contributed by atoms with Crippen molar-refractivity contribution in [2.75, 3.05) is 7.11 Å². The molecule has 16 heavy (non-hydrogen) atoms. The van der Waals surface area contributed by atoms with Crippen molar-refractivity contribution in [3.8, 4) is 0 Å². The van der Waals surface area contributed by atoms with Crippen LogP contribution in [0.15, 0.2) is 0 Å². The molecule has 0 radical (unpaired) electrons. The average molecular weight is 227 g/mol. The number of carbonyl (C=O) groups excluding carboxylic acids is 1. The summed E-state index contributed by atoms with van der Waals surface area (Å²) in [4.78, 5) is 11.4. The number of hydrogen-bond acceptors (Lipinski definition) is 3. The van der Waals surface area contributed by atoms with E-state index in [9.17, 15) is 4.79 Å². The van der Waals surface area contributed by atoms with Crippen molar-refractivity contribution in [2.45, 2.75) is 57.9 Å². The molecule has 2 atom stereocenters. The first-order chi connectivity index (χ1) is 7.65. The van der Waals surface area contributed by atoms with Crippen LogP contribution in [0.3, 0.4) is 0 Å². The summed E-state index contributed by atoms with van der Waals surface area (Å²) in [7, 11) is 1.45. The van der Waals surface area contributed by atoms with Crippen molar-refractivity contribution >= 4 is 5.97 Å². The van der Waals surface area contributed by atoms with Gasteiger partial charge in [0.15, 0.2) is 0 Å². The van der Waals surface area contributed by atoms with Gasteiger partial charge < -0.3 is 10.5 Å². The molecule has 0 bridgehead atoms. The molecule has 0 aliphatic heterocycles. The Labute approximate surface area is 98.7 Å². The van der Waals surface area contributed by atoms with E-state index >= 15 is 0 Å². The number of carbonyl (C=O) groups is 1. The quantitative estimate of drug-likeness (QED) is 0.593.